The molecule has 0 atom stereocenters. The number of amides is 1. The molecule has 0 bridgehead atoms. The lowest BCUT2D eigenvalue weighted by molar-refractivity contribution is 0.102. The summed E-state index contributed by atoms with van der Waals surface area (Å²) in [6.45, 7) is 4.19. The number of carbonyl (C=O) groups excluding carboxylic acids is 1. The summed E-state index contributed by atoms with van der Waals surface area (Å²) in [5.41, 5.74) is 4.88. The summed E-state index contributed by atoms with van der Waals surface area (Å²) in [4.78, 5) is 17.6. The maximum absolute atomic E-state index is 13.1. The van der Waals surface area contributed by atoms with Crippen molar-refractivity contribution in [2.75, 3.05) is 5.32 Å². The second-order valence-corrected chi connectivity index (χ2v) is 7.69. The molecule has 164 valence electrons. The minimum Gasteiger partial charge on any atom is -0.489 e. The Labute approximate surface area is 193 Å². The molecule has 0 aliphatic heterocycles. The van der Waals surface area contributed by atoms with Gasteiger partial charge in [0.2, 0.25) is 0 Å². The van der Waals surface area contributed by atoms with Crippen molar-refractivity contribution < 1.29 is 9.53 Å². The second kappa shape index (κ2) is 9.84. The lowest BCUT2D eigenvalue weighted by Gasteiger charge is -2.13. The summed E-state index contributed by atoms with van der Waals surface area (Å²) in [5, 5.41) is 11.8. The van der Waals surface area contributed by atoms with Crippen LogP contribution in [0.4, 0.5) is 5.69 Å². The van der Waals surface area contributed by atoms with Crippen LogP contribution in [0.5, 0.6) is 5.75 Å². The molecule has 6 nitrogen and oxygen atoms in total. The summed E-state index contributed by atoms with van der Waals surface area (Å²) < 4.78 is 7.88. The van der Waals surface area contributed by atoms with Gasteiger partial charge in [0.25, 0.3) is 5.91 Å². The number of nitrogens with one attached hydrogen (secondary N) is 1. The number of para-hydroxylation sites is 1. The van der Waals surface area contributed by atoms with Gasteiger partial charge in [-0.1, -0.05) is 36.4 Å². The molecular weight excluding hydrogens is 412 g/mol. The average molecular weight is 437 g/mol. The fraction of sp³-hybridized carbons (Fsp3) is 0.148. The second-order valence-electron chi connectivity index (χ2n) is 7.69. The molecule has 33 heavy (non-hydrogen) atoms. The SMILES string of the molecule is Cc1cc(C(=O)Nc2ccccc2COc2ccc(CC#N)cc2)c(C)n1-c1ccccn1. The highest BCUT2D eigenvalue weighted by Gasteiger charge is 2.18. The van der Waals surface area contributed by atoms with Crippen molar-refractivity contribution in [3.63, 3.8) is 0 Å². The molecular formula is C27H24N4O2. The zero-order valence-electron chi connectivity index (χ0n) is 18.6. The van der Waals surface area contributed by atoms with Crippen LogP contribution < -0.4 is 10.1 Å². The molecule has 0 saturated heterocycles. The van der Waals surface area contributed by atoms with Crippen LogP contribution in [0.25, 0.3) is 5.82 Å². The maximum Gasteiger partial charge on any atom is 0.257 e. The van der Waals surface area contributed by atoms with Gasteiger partial charge >= 0.3 is 0 Å². The van der Waals surface area contributed by atoms with E-state index in [9.17, 15) is 4.79 Å². The van der Waals surface area contributed by atoms with Crippen molar-refractivity contribution in [2.24, 2.45) is 0 Å². The Morgan fingerprint density at radius 3 is 2.55 bits per heavy atom. The summed E-state index contributed by atoms with van der Waals surface area (Å²) >= 11 is 0. The number of aromatic nitrogens is 2. The van der Waals surface area contributed by atoms with Gasteiger partial charge in [-0.2, -0.15) is 5.26 Å². The van der Waals surface area contributed by atoms with Crippen molar-refractivity contribution in [3.05, 3.63) is 107 Å². The highest BCUT2D eigenvalue weighted by molar-refractivity contribution is 6.05. The smallest absolute Gasteiger partial charge is 0.257 e. The Kier molecular flexibility index (Phi) is 6.51. The van der Waals surface area contributed by atoms with Crippen LogP contribution in [0.2, 0.25) is 0 Å². The molecule has 4 aromatic rings. The van der Waals surface area contributed by atoms with E-state index >= 15 is 0 Å². The van der Waals surface area contributed by atoms with Crippen LogP contribution in [0.15, 0.2) is 79.0 Å². The highest BCUT2D eigenvalue weighted by atomic mass is 16.5. The fourth-order valence-electron chi connectivity index (χ4n) is 3.74. The maximum atomic E-state index is 13.1. The first-order valence-corrected chi connectivity index (χ1v) is 10.6. The molecule has 0 spiro atoms. The molecule has 0 aliphatic carbocycles. The fourth-order valence-corrected chi connectivity index (χ4v) is 3.74. The number of benzene rings is 2. The molecule has 0 fully saturated rings. The van der Waals surface area contributed by atoms with Gasteiger partial charge in [-0.25, -0.2) is 4.98 Å². The van der Waals surface area contributed by atoms with Crippen molar-refractivity contribution in [3.8, 4) is 17.6 Å². The Hall–Kier alpha value is -4.37. The predicted molar refractivity (Wildman–Crippen MR) is 128 cm³/mol. The predicted octanol–water partition coefficient (Wildman–Crippen LogP) is 5.39. The van der Waals surface area contributed by atoms with E-state index in [1.807, 2.05) is 91.2 Å². The quantitative estimate of drug-likeness (QED) is 0.421. The van der Waals surface area contributed by atoms with Gasteiger partial charge in [-0.3, -0.25) is 4.79 Å². The molecule has 2 aromatic carbocycles. The number of anilines is 1. The Balaban J connectivity index is 1.50. The lowest BCUT2D eigenvalue weighted by atomic mass is 10.1. The van der Waals surface area contributed by atoms with Crippen molar-refractivity contribution >= 4 is 11.6 Å². The zero-order chi connectivity index (χ0) is 23.2. The van der Waals surface area contributed by atoms with Crippen LogP contribution in [0, 0.1) is 25.2 Å². The molecule has 1 amide bonds. The number of aryl methyl sites for hydroxylation is 1. The van der Waals surface area contributed by atoms with E-state index in [0.717, 1.165) is 28.3 Å². The highest BCUT2D eigenvalue weighted by Crippen LogP contribution is 2.23. The third-order valence-corrected chi connectivity index (χ3v) is 5.42. The number of hydrogen-bond donors (Lipinski definition) is 1. The Morgan fingerprint density at radius 1 is 1.06 bits per heavy atom. The summed E-state index contributed by atoms with van der Waals surface area (Å²) in [7, 11) is 0. The first kappa shape index (κ1) is 21.8. The molecule has 0 aliphatic rings. The molecule has 0 unspecified atom stereocenters. The van der Waals surface area contributed by atoms with Crippen LogP contribution in [0.1, 0.15) is 32.9 Å². The molecule has 6 heteroatoms. The third-order valence-electron chi connectivity index (χ3n) is 5.42. The third kappa shape index (κ3) is 4.94. The van der Waals surface area contributed by atoms with Gasteiger partial charge in [0.1, 0.15) is 18.2 Å². The molecule has 4 rings (SSSR count). The number of ether oxygens (including phenoxy) is 1. The lowest BCUT2D eigenvalue weighted by Crippen LogP contribution is -2.15. The summed E-state index contributed by atoms with van der Waals surface area (Å²) in [6, 6.07) is 24.8. The van der Waals surface area contributed by atoms with Crippen molar-refractivity contribution in [1.82, 2.24) is 9.55 Å². The molecule has 2 aromatic heterocycles. The van der Waals surface area contributed by atoms with Gasteiger partial charge in [0.05, 0.1) is 18.1 Å². The number of nitrogens with zero attached hydrogens (tertiary/aromatic N) is 3. The van der Waals surface area contributed by atoms with E-state index in [0.29, 0.717) is 30.0 Å². The van der Waals surface area contributed by atoms with E-state index in [1.165, 1.54) is 0 Å². The van der Waals surface area contributed by atoms with E-state index in [4.69, 9.17) is 10.00 Å². The normalized spacial score (nSPS) is 10.5. The average Bonchev–Trinajstić information content (AvgIpc) is 3.14. The Bertz CT molecular complexity index is 1300. The number of pyridine rings is 1. The van der Waals surface area contributed by atoms with Crippen molar-refractivity contribution in [1.29, 1.82) is 5.26 Å². The van der Waals surface area contributed by atoms with Gasteiger partial charge < -0.3 is 14.6 Å². The molecule has 0 saturated carbocycles. The van der Waals surface area contributed by atoms with Gasteiger partial charge in [-0.05, 0) is 55.8 Å². The first-order chi connectivity index (χ1) is 16.1. The van der Waals surface area contributed by atoms with Crippen molar-refractivity contribution in [2.45, 2.75) is 26.9 Å². The standard InChI is InChI=1S/C27H24N4O2/c1-19-17-24(20(2)31(19)26-9-5-6-16-29-26)27(32)30-25-8-4-3-7-22(25)18-33-23-12-10-21(11-13-23)14-15-28/h3-13,16-17H,14,18H2,1-2H3,(H,30,32). The number of hydrogen-bond acceptors (Lipinski definition) is 4. The zero-order valence-corrected chi connectivity index (χ0v) is 18.6. The molecule has 0 radical (unpaired) electrons. The van der Waals surface area contributed by atoms with Crippen LogP contribution in [-0.2, 0) is 13.0 Å². The van der Waals surface area contributed by atoms with E-state index in [1.54, 1.807) is 6.20 Å². The number of nitriles is 1. The first-order valence-electron chi connectivity index (χ1n) is 10.6. The monoisotopic (exact) mass is 436 g/mol. The number of carbonyl (C=O) groups is 1. The summed E-state index contributed by atoms with van der Waals surface area (Å²) in [5.74, 6) is 1.30. The largest absolute Gasteiger partial charge is 0.489 e. The van der Waals surface area contributed by atoms with Gasteiger partial charge in [0, 0.05) is 28.8 Å². The molecule has 1 N–H and O–H groups in total. The van der Waals surface area contributed by atoms with Gasteiger partial charge in [0.15, 0.2) is 0 Å². The van der Waals surface area contributed by atoms with E-state index < -0.39 is 0 Å². The van der Waals surface area contributed by atoms with Crippen LogP contribution in [-0.4, -0.2) is 15.5 Å². The van der Waals surface area contributed by atoms with Crippen LogP contribution in [0.3, 0.4) is 0 Å². The number of rotatable bonds is 7. The van der Waals surface area contributed by atoms with E-state index in [-0.39, 0.29) is 5.91 Å². The Morgan fingerprint density at radius 2 is 1.82 bits per heavy atom. The topological polar surface area (TPSA) is 79.9 Å². The summed E-state index contributed by atoms with van der Waals surface area (Å²) in [6.07, 6.45) is 2.11. The van der Waals surface area contributed by atoms with Crippen LogP contribution >= 0.6 is 0 Å². The minimum atomic E-state index is -0.182. The minimum absolute atomic E-state index is 0.182. The van der Waals surface area contributed by atoms with Gasteiger partial charge in [-0.15, -0.1) is 0 Å². The molecule has 2 heterocycles. The van der Waals surface area contributed by atoms with E-state index in [2.05, 4.69) is 16.4 Å².